The molecule has 0 rings (SSSR count). The number of nitrogens with two attached hydrogens (primary N) is 1. The lowest BCUT2D eigenvalue weighted by atomic mass is 10.1. The fraction of sp³-hybridized carbons (Fsp3) is 1.00. The molecule has 0 aromatic rings. The molecule has 0 amide bonds. The first-order valence-electron chi connectivity index (χ1n) is 4.56. The van der Waals surface area contributed by atoms with Crippen LogP contribution in [0.3, 0.4) is 0 Å². The molecule has 0 saturated heterocycles. The van der Waals surface area contributed by atoms with Crippen molar-refractivity contribution in [1.82, 2.24) is 0 Å². The van der Waals surface area contributed by atoms with E-state index in [0.29, 0.717) is 6.04 Å². The third-order valence-electron chi connectivity index (χ3n) is 1.84. The first-order chi connectivity index (χ1) is 4.81. The molecule has 0 aliphatic heterocycles. The van der Waals surface area contributed by atoms with Crippen molar-refractivity contribution in [3.63, 3.8) is 0 Å². The number of hydrogen-bond donors (Lipinski definition) is 1. The van der Waals surface area contributed by atoms with Crippen LogP contribution in [0.4, 0.5) is 0 Å². The van der Waals surface area contributed by atoms with E-state index < -0.39 is 0 Å². The summed E-state index contributed by atoms with van der Waals surface area (Å²) in [5.41, 5.74) is 5.82. The van der Waals surface area contributed by atoms with Crippen LogP contribution in [0.2, 0.25) is 0 Å². The molecule has 0 bridgehead atoms. The lowest BCUT2D eigenvalue weighted by Crippen LogP contribution is -2.18. The minimum Gasteiger partial charge on any atom is -0.328 e. The molecule has 3 heteroatoms. The molecule has 1 unspecified atom stereocenters. The second kappa shape index (κ2) is 14.1. The average Bonchev–Trinajstić information content (AvgIpc) is 1.89. The minimum atomic E-state index is 0. The van der Waals surface area contributed by atoms with Gasteiger partial charge < -0.3 is 5.73 Å². The van der Waals surface area contributed by atoms with Crippen LogP contribution in [-0.2, 0) is 0 Å². The summed E-state index contributed by atoms with van der Waals surface area (Å²) in [7, 11) is 0. The summed E-state index contributed by atoms with van der Waals surface area (Å²) >= 11 is 0. The molecular weight excluding hydrogens is 193 g/mol. The molecule has 0 saturated carbocycles. The molecule has 0 aliphatic carbocycles. The van der Waals surface area contributed by atoms with Gasteiger partial charge in [0, 0.05) is 6.04 Å². The Balaban J connectivity index is -0.000000405. The van der Waals surface area contributed by atoms with Crippen molar-refractivity contribution in [2.24, 2.45) is 5.73 Å². The Kier molecular flexibility index (Phi) is 21.5. The van der Waals surface area contributed by atoms with Gasteiger partial charge in [0.2, 0.25) is 0 Å². The van der Waals surface area contributed by atoms with Crippen LogP contribution in [0.25, 0.3) is 0 Å². The van der Waals surface area contributed by atoms with Crippen molar-refractivity contribution in [3.8, 4) is 0 Å². The van der Waals surface area contributed by atoms with E-state index >= 15 is 0 Å². The van der Waals surface area contributed by atoms with E-state index in [0.717, 1.165) is 0 Å². The van der Waals surface area contributed by atoms with E-state index in [4.69, 9.17) is 5.73 Å². The van der Waals surface area contributed by atoms with Crippen molar-refractivity contribution in [1.29, 1.82) is 0 Å². The average molecular weight is 216 g/mol. The minimum absolute atomic E-state index is 0. The monoisotopic (exact) mass is 215 g/mol. The molecule has 1 atom stereocenters. The van der Waals surface area contributed by atoms with Gasteiger partial charge in [-0.25, -0.2) is 0 Å². The smallest absolute Gasteiger partial charge is 0.00387 e. The standard InChI is InChI=1S/C9H21N.2ClH/c1-3-5-6-8-9(10)7-4-2;;/h9H,3-8,10H2,1-2H3;2*1H. The number of unbranched alkanes of at least 4 members (excludes halogenated alkanes) is 2. The number of halogens is 2. The second-order valence-electron chi connectivity index (χ2n) is 3.04. The summed E-state index contributed by atoms with van der Waals surface area (Å²) in [6, 6.07) is 0.469. The van der Waals surface area contributed by atoms with Crippen molar-refractivity contribution < 1.29 is 0 Å². The Bertz CT molecular complexity index is 69.5. The fourth-order valence-corrected chi connectivity index (χ4v) is 1.17. The highest BCUT2D eigenvalue weighted by molar-refractivity contribution is 5.85. The van der Waals surface area contributed by atoms with Gasteiger partial charge in [-0.2, -0.15) is 0 Å². The molecule has 0 aliphatic rings. The molecule has 12 heavy (non-hydrogen) atoms. The first kappa shape index (κ1) is 18.3. The lowest BCUT2D eigenvalue weighted by molar-refractivity contribution is 0.524. The van der Waals surface area contributed by atoms with Gasteiger partial charge in [0.05, 0.1) is 0 Å². The maximum atomic E-state index is 5.82. The Morgan fingerprint density at radius 3 is 1.92 bits per heavy atom. The van der Waals surface area contributed by atoms with Gasteiger partial charge in [0.1, 0.15) is 0 Å². The Hall–Kier alpha value is 0.540. The first-order valence-corrected chi connectivity index (χ1v) is 4.56. The Labute approximate surface area is 89.3 Å². The Morgan fingerprint density at radius 1 is 0.917 bits per heavy atom. The summed E-state index contributed by atoms with van der Waals surface area (Å²) in [5.74, 6) is 0. The fourth-order valence-electron chi connectivity index (χ4n) is 1.17. The van der Waals surface area contributed by atoms with Crippen molar-refractivity contribution in [2.75, 3.05) is 0 Å². The van der Waals surface area contributed by atoms with Crippen molar-refractivity contribution in [2.45, 2.75) is 58.4 Å². The van der Waals surface area contributed by atoms with Gasteiger partial charge in [-0.05, 0) is 12.8 Å². The van der Waals surface area contributed by atoms with Gasteiger partial charge in [0.25, 0.3) is 0 Å². The van der Waals surface area contributed by atoms with Crippen LogP contribution in [-0.4, -0.2) is 6.04 Å². The molecule has 1 nitrogen and oxygen atoms in total. The van der Waals surface area contributed by atoms with Crippen molar-refractivity contribution in [3.05, 3.63) is 0 Å². The van der Waals surface area contributed by atoms with Crippen LogP contribution in [0.1, 0.15) is 52.4 Å². The summed E-state index contributed by atoms with van der Waals surface area (Å²) in [6.07, 6.45) is 7.62. The highest BCUT2D eigenvalue weighted by atomic mass is 35.5. The van der Waals surface area contributed by atoms with Gasteiger partial charge in [0.15, 0.2) is 0 Å². The lowest BCUT2D eigenvalue weighted by Gasteiger charge is -2.08. The summed E-state index contributed by atoms with van der Waals surface area (Å²) in [6.45, 7) is 4.42. The summed E-state index contributed by atoms with van der Waals surface area (Å²) in [4.78, 5) is 0. The predicted octanol–water partition coefficient (Wildman–Crippen LogP) is 3.54. The topological polar surface area (TPSA) is 26.0 Å². The molecule has 0 aromatic carbocycles. The van der Waals surface area contributed by atoms with Crippen molar-refractivity contribution >= 4 is 24.8 Å². The SMILES string of the molecule is CCCCCC(N)CCC.Cl.Cl. The van der Waals surface area contributed by atoms with Crippen LogP contribution in [0.5, 0.6) is 0 Å². The van der Waals surface area contributed by atoms with E-state index in [9.17, 15) is 0 Å². The zero-order valence-corrected chi connectivity index (χ0v) is 9.85. The maximum Gasteiger partial charge on any atom is 0.00387 e. The quantitative estimate of drug-likeness (QED) is 0.675. The summed E-state index contributed by atoms with van der Waals surface area (Å²) in [5, 5.41) is 0. The second-order valence-corrected chi connectivity index (χ2v) is 3.04. The van der Waals surface area contributed by atoms with Gasteiger partial charge in [-0.15, -0.1) is 24.8 Å². The van der Waals surface area contributed by atoms with E-state index in [1.807, 2.05) is 0 Å². The van der Waals surface area contributed by atoms with Crippen LogP contribution in [0.15, 0.2) is 0 Å². The molecule has 0 spiro atoms. The third-order valence-corrected chi connectivity index (χ3v) is 1.84. The molecule has 0 radical (unpaired) electrons. The van der Waals surface area contributed by atoms with E-state index in [2.05, 4.69) is 13.8 Å². The molecule has 0 fully saturated rings. The zero-order chi connectivity index (χ0) is 7.82. The van der Waals surface area contributed by atoms with Crippen LogP contribution >= 0.6 is 24.8 Å². The number of rotatable bonds is 6. The molecule has 0 aromatic heterocycles. The highest BCUT2D eigenvalue weighted by Gasteiger charge is 1.98. The molecule has 78 valence electrons. The van der Waals surface area contributed by atoms with Crippen LogP contribution in [0, 0.1) is 0 Å². The number of hydrogen-bond acceptors (Lipinski definition) is 1. The normalized spacial score (nSPS) is 11.2. The van der Waals surface area contributed by atoms with Gasteiger partial charge >= 0.3 is 0 Å². The predicted molar refractivity (Wildman–Crippen MR) is 61.5 cm³/mol. The largest absolute Gasteiger partial charge is 0.328 e. The van der Waals surface area contributed by atoms with Gasteiger partial charge in [-0.3, -0.25) is 0 Å². The van der Waals surface area contributed by atoms with E-state index in [-0.39, 0.29) is 24.8 Å². The van der Waals surface area contributed by atoms with Gasteiger partial charge in [-0.1, -0.05) is 39.5 Å². The molecule has 2 N–H and O–H groups in total. The third kappa shape index (κ3) is 13.2. The molecule has 0 heterocycles. The molecular formula is C9H23Cl2N. The Morgan fingerprint density at radius 2 is 1.50 bits per heavy atom. The summed E-state index contributed by atoms with van der Waals surface area (Å²) < 4.78 is 0. The highest BCUT2D eigenvalue weighted by Crippen LogP contribution is 2.05. The zero-order valence-electron chi connectivity index (χ0n) is 8.21. The van der Waals surface area contributed by atoms with E-state index in [1.165, 1.54) is 38.5 Å². The maximum absolute atomic E-state index is 5.82. The van der Waals surface area contributed by atoms with E-state index in [1.54, 1.807) is 0 Å². The van der Waals surface area contributed by atoms with Crippen LogP contribution < -0.4 is 5.73 Å².